The van der Waals surface area contributed by atoms with E-state index in [4.69, 9.17) is 4.74 Å². The summed E-state index contributed by atoms with van der Waals surface area (Å²) in [6, 6.07) is 3.94. The van der Waals surface area contributed by atoms with Gasteiger partial charge in [-0.3, -0.25) is 4.98 Å². The van der Waals surface area contributed by atoms with Crippen molar-refractivity contribution in [3.63, 3.8) is 0 Å². The van der Waals surface area contributed by atoms with Crippen LogP contribution < -0.4 is 4.74 Å². The van der Waals surface area contributed by atoms with E-state index in [9.17, 15) is 0 Å². The number of ether oxygens (including phenoxy) is 1. The highest BCUT2D eigenvalue weighted by molar-refractivity contribution is 7.04. The molecule has 0 radical (unpaired) electrons. The second-order valence-electron chi connectivity index (χ2n) is 3.48. The first-order valence-corrected chi connectivity index (χ1v) is 6.23. The first kappa shape index (κ1) is 11.1. The summed E-state index contributed by atoms with van der Waals surface area (Å²) in [6.07, 6.45) is 5.79. The molecule has 2 aromatic rings. The van der Waals surface area contributed by atoms with Crippen molar-refractivity contribution in [3.05, 3.63) is 29.9 Å². The standard InChI is InChI=1S/C12H14N2OS/c1-2-3-7-15-12-11(9-16-14-12)10-5-4-6-13-8-10/h4-6,8-9H,2-3,7H2,1H3. The molecule has 0 aliphatic rings. The van der Waals surface area contributed by atoms with Crippen molar-refractivity contribution < 1.29 is 4.74 Å². The van der Waals surface area contributed by atoms with Crippen LogP contribution in [0, 0.1) is 0 Å². The topological polar surface area (TPSA) is 35.0 Å². The number of rotatable bonds is 5. The predicted molar refractivity (Wildman–Crippen MR) is 65.7 cm³/mol. The van der Waals surface area contributed by atoms with E-state index in [0.29, 0.717) is 0 Å². The first-order chi connectivity index (χ1) is 7.92. The highest BCUT2D eigenvalue weighted by Crippen LogP contribution is 2.30. The summed E-state index contributed by atoms with van der Waals surface area (Å²) in [5.41, 5.74) is 2.09. The van der Waals surface area contributed by atoms with Crippen LogP contribution in [0.15, 0.2) is 29.9 Å². The SMILES string of the molecule is CCCCOc1nscc1-c1cccnc1. The third-order valence-electron chi connectivity index (χ3n) is 2.25. The van der Waals surface area contributed by atoms with E-state index in [2.05, 4.69) is 16.3 Å². The number of aromatic nitrogens is 2. The van der Waals surface area contributed by atoms with Gasteiger partial charge < -0.3 is 4.74 Å². The summed E-state index contributed by atoms with van der Waals surface area (Å²) in [6.45, 7) is 2.87. The maximum absolute atomic E-state index is 5.64. The van der Waals surface area contributed by atoms with Crippen molar-refractivity contribution in [1.82, 2.24) is 9.36 Å². The lowest BCUT2D eigenvalue weighted by atomic mass is 10.2. The molecule has 0 fully saturated rings. The van der Waals surface area contributed by atoms with Crippen LogP contribution in [0.3, 0.4) is 0 Å². The normalized spacial score (nSPS) is 10.3. The Morgan fingerprint density at radius 3 is 3.12 bits per heavy atom. The van der Waals surface area contributed by atoms with Crippen molar-refractivity contribution in [2.45, 2.75) is 19.8 Å². The van der Waals surface area contributed by atoms with Gasteiger partial charge in [-0.2, -0.15) is 4.37 Å². The van der Waals surface area contributed by atoms with Crippen molar-refractivity contribution in [1.29, 1.82) is 0 Å². The Morgan fingerprint density at radius 2 is 2.38 bits per heavy atom. The number of nitrogens with zero attached hydrogens (tertiary/aromatic N) is 2. The molecule has 0 saturated carbocycles. The van der Waals surface area contributed by atoms with Crippen LogP contribution in [0.2, 0.25) is 0 Å². The molecule has 2 aromatic heterocycles. The van der Waals surface area contributed by atoms with Gasteiger partial charge >= 0.3 is 0 Å². The van der Waals surface area contributed by atoms with Crippen LogP contribution >= 0.6 is 11.5 Å². The highest BCUT2D eigenvalue weighted by atomic mass is 32.1. The van der Waals surface area contributed by atoms with Gasteiger partial charge in [0, 0.05) is 23.3 Å². The van der Waals surface area contributed by atoms with Gasteiger partial charge in [0.05, 0.1) is 12.2 Å². The fourth-order valence-corrected chi connectivity index (χ4v) is 2.00. The van der Waals surface area contributed by atoms with Crippen molar-refractivity contribution in [2.24, 2.45) is 0 Å². The Balaban J connectivity index is 2.13. The van der Waals surface area contributed by atoms with E-state index in [1.54, 1.807) is 6.20 Å². The van der Waals surface area contributed by atoms with Crippen LogP contribution in [0.25, 0.3) is 11.1 Å². The van der Waals surface area contributed by atoms with Gasteiger partial charge in [-0.25, -0.2) is 0 Å². The molecule has 0 aliphatic heterocycles. The van der Waals surface area contributed by atoms with Gasteiger partial charge in [0.1, 0.15) is 0 Å². The van der Waals surface area contributed by atoms with Crippen molar-refractivity contribution in [3.8, 4) is 17.0 Å². The Morgan fingerprint density at radius 1 is 1.44 bits per heavy atom. The molecule has 0 aliphatic carbocycles. The van der Waals surface area contributed by atoms with E-state index >= 15 is 0 Å². The lowest BCUT2D eigenvalue weighted by Gasteiger charge is -2.04. The molecule has 0 unspecified atom stereocenters. The van der Waals surface area contributed by atoms with Crippen LogP contribution in [0.4, 0.5) is 0 Å². The van der Waals surface area contributed by atoms with E-state index < -0.39 is 0 Å². The quantitative estimate of drug-likeness (QED) is 0.744. The second-order valence-corrected chi connectivity index (χ2v) is 4.11. The fraction of sp³-hybridized carbons (Fsp3) is 0.333. The fourth-order valence-electron chi connectivity index (χ4n) is 1.36. The number of pyridine rings is 1. The number of hydrogen-bond donors (Lipinski definition) is 0. The summed E-state index contributed by atoms with van der Waals surface area (Å²) in [4.78, 5) is 4.10. The van der Waals surface area contributed by atoms with Gasteiger partial charge in [0.25, 0.3) is 0 Å². The zero-order valence-corrected chi connectivity index (χ0v) is 10.0. The zero-order chi connectivity index (χ0) is 11.2. The minimum Gasteiger partial charge on any atom is -0.477 e. The summed E-state index contributed by atoms with van der Waals surface area (Å²) in [5, 5.41) is 2.00. The van der Waals surface area contributed by atoms with Crippen molar-refractivity contribution >= 4 is 11.5 Å². The average molecular weight is 234 g/mol. The van der Waals surface area contributed by atoms with Gasteiger partial charge in [0.2, 0.25) is 5.88 Å². The minimum atomic E-state index is 0.728. The maximum Gasteiger partial charge on any atom is 0.233 e. The molecule has 16 heavy (non-hydrogen) atoms. The Bertz CT molecular complexity index is 428. The van der Waals surface area contributed by atoms with Crippen LogP contribution in [0.1, 0.15) is 19.8 Å². The Kier molecular flexibility index (Phi) is 3.88. The van der Waals surface area contributed by atoms with Crippen LogP contribution in [-0.2, 0) is 0 Å². The smallest absolute Gasteiger partial charge is 0.233 e. The maximum atomic E-state index is 5.64. The van der Waals surface area contributed by atoms with Gasteiger partial charge in [-0.1, -0.05) is 19.4 Å². The monoisotopic (exact) mass is 234 g/mol. The van der Waals surface area contributed by atoms with Gasteiger partial charge in [-0.15, -0.1) is 0 Å². The predicted octanol–water partition coefficient (Wildman–Crippen LogP) is 3.38. The second kappa shape index (κ2) is 5.61. The largest absolute Gasteiger partial charge is 0.477 e. The first-order valence-electron chi connectivity index (χ1n) is 5.39. The molecule has 4 heteroatoms. The molecule has 2 rings (SSSR count). The number of unbranched alkanes of at least 4 members (excludes halogenated alkanes) is 1. The lowest BCUT2D eigenvalue weighted by molar-refractivity contribution is 0.302. The van der Waals surface area contributed by atoms with Crippen LogP contribution in [-0.4, -0.2) is 16.0 Å². The summed E-state index contributed by atoms with van der Waals surface area (Å²) in [5.74, 6) is 0.728. The number of hydrogen-bond acceptors (Lipinski definition) is 4. The molecule has 0 aromatic carbocycles. The van der Waals surface area contributed by atoms with Gasteiger partial charge in [0.15, 0.2) is 0 Å². The molecular weight excluding hydrogens is 220 g/mol. The minimum absolute atomic E-state index is 0.728. The summed E-state index contributed by atoms with van der Waals surface area (Å²) in [7, 11) is 0. The third-order valence-corrected chi connectivity index (χ3v) is 2.86. The van der Waals surface area contributed by atoms with Crippen LogP contribution in [0.5, 0.6) is 5.88 Å². The third kappa shape index (κ3) is 2.58. The summed E-state index contributed by atoms with van der Waals surface area (Å²) >= 11 is 1.42. The Hall–Kier alpha value is -1.42. The van der Waals surface area contributed by atoms with E-state index in [1.165, 1.54) is 11.5 Å². The molecule has 0 N–H and O–H groups in total. The van der Waals surface area contributed by atoms with Crippen molar-refractivity contribution in [2.75, 3.05) is 6.61 Å². The molecule has 2 heterocycles. The van der Waals surface area contributed by atoms with Gasteiger partial charge in [-0.05, 0) is 24.0 Å². The van der Waals surface area contributed by atoms with E-state index in [1.807, 2.05) is 23.7 Å². The van der Waals surface area contributed by atoms with E-state index in [-0.39, 0.29) is 0 Å². The molecule has 0 spiro atoms. The van der Waals surface area contributed by atoms with E-state index in [0.717, 1.165) is 36.5 Å². The molecule has 0 bridgehead atoms. The summed E-state index contributed by atoms with van der Waals surface area (Å²) < 4.78 is 9.90. The molecule has 84 valence electrons. The lowest BCUT2D eigenvalue weighted by Crippen LogP contribution is -1.97. The molecule has 0 saturated heterocycles. The highest BCUT2D eigenvalue weighted by Gasteiger charge is 2.09. The molecule has 0 amide bonds. The zero-order valence-electron chi connectivity index (χ0n) is 9.22. The molecule has 0 atom stereocenters. The molecule has 3 nitrogen and oxygen atoms in total. The molecular formula is C12H14N2OS. The Labute approximate surface area is 99.3 Å². The average Bonchev–Trinajstić information content (AvgIpc) is 2.79.